The lowest BCUT2D eigenvalue weighted by Crippen LogP contribution is -2.42. The van der Waals surface area contributed by atoms with Gasteiger partial charge in [-0.3, -0.25) is 4.21 Å². The quantitative estimate of drug-likeness (QED) is 0.832. The van der Waals surface area contributed by atoms with Gasteiger partial charge in [0.15, 0.2) is 0 Å². The Morgan fingerprint density at radius 3 is 2.68 bits per heavy atom. The van der Waals surface area contributed by atoms with Gasteiger partial charge in [-0.25, -0.2) is 0 Å². The number of β-amino-alcohol motifs (C(OH)–C–C–N with tert-alkyl or cyclic N) is 1. The van der Waals surface area contributed by atoms with E-state index in [4.69, 9.17) is 4.74 Å². The molecule has 2 unspecified atom stereocenters. The monoisotopic (exact) mass is 285 g/mol. The molecule has 0 spiro atoms. The van der Waals surface area contributed by atoms with E-state index in [1.54, 1.807) is 31.4 Å². The summed E-state index contributed by atoms with van der Waals surface area (Å²) >= 11 is 0. The van der Waals surface area contributed by atoms with Crippen molar-refractivity contribution >= 4 is 10.8 Å². The molecule has 0 aromatic heterocycles. The van der Waals surface area contributed by atoms with Crippen LogP contribution in [0.4, 0.5) is 0 Å². The van der Waals surface area contributed by atoms with Crippen molar-refractivity contribution in [1.82, 2.24) is 5.32 Å². The summed E-state index contributed by atoms with van der Waals surface area (Å²) in [5.41, 5.74) is -0.0571. The molecule has 0 saturated carbocycles. The summed E-state index contributed by atoms with van der Waals surface area (Å²) < 4.78 is 17.2. The molecule has 19 heavy (non-hydrogen) atoms. The van der Waals surface area contributed by atoms with Crippen LogP contribution in [0.5, 0.6) is 5.75 Å². The molecule has 4 nitrogen and oxygen atoms in total. The smallest absolute Gasteiger partial charge is 0.120 e. The Hall–Kier alpha value is -0.910. The molecule has 108 valence electrons. The first kappa shape index (κ1) is 16.1. The normalized spacial score (nSPS) is 15.0. The third kappa shape index (κ3) is 6.18. The van der Waals surface area contributed by atoms with Crippen LogP contribution in [0.3, 0.4) is 0 Å². The maximum absolute atomic E-state index is 12.1. The predicted molar refractivity (Wildman–Crippen MR) is 78.0 cm³/mol. The van der Waals surface area contributed by atoms with Gasteiger partial charge in [0.05, 0.1) is 29.8 Å². The van der Waals surface area contributed by atoms with Crippen LogP contribution < -0.4 is 10.1 Å². The van der Waals surface area contributed by atoms with E-state index in [-0.39, 0.29) is 11.3 Å². The molecule has 0 radical (unpaired) electrons. The van der Waals surface area contributed by atoms with Crippen molar-refractivity contribution in [3.63, 3.8) is 0 Å². The van der Waals surface area contributed by atoms with Gasteiger partial charge in [-0.2, -0.15) is 0 Å². The van der Waals surface area contributed by atoms with Crippen LogP contribution in [-0.2, 0) is 10.8 Å². The van der Waals surface area contributed by atoms with Crippen molar-refractivity contribution in [1.29, 1.82) is 0 Å². The Morgan fingerprint density at radius 2 is 2.11 bits per heavy atom. The number of nitrogens with one attached hydrogen (secondary N) is 1. The van der Waals surface area contributed by atoms with E-state index in [1.165, 1.54) is 0 Å². The topological polar surface area (TPSA) is 58.6 Å². The lowest BCUT2D eigenvalue weighted by atomic mass is 10.1. The molecular formula is C14H23NO3S. The largest absolute Gasteiger partial charge is 0.497 e. The van der Waals surface area contributed by atoms with Crippen LogP contribution in [0.25, 0.3) is 0 Å². The van der Waals surface area contributed by atoms with Gasteiger partial charge in [0.2, 0.25) is 0 Å². The molecule has 0 heterocycles. The van der Waals surface area contributed by atoms with Crippen LogP contribution in [0.15, 0.2) is 29.2 Å². The van der Waals surface area contributed by atoms with Gasteiger partial charge in [-0.1, -0.05) is 6.07 Å². The van der Waals surface area contributed by atoms with E-state index in [9.17, 15) is 9.32 Å². The second-order valence-corrected chi connectivity index (χ2v) is 6.97. The number of aliphatic hydroxyl groups excluding tert-OH is 1. The first-order chi connectivity index (χ1) is 8.81. The van der Waals surface area contributed by atoms with Gasteiger partial charge in [0.1, 0.15) is 5.75 Å². The fourth-order valence-electron chi connectivity index (χ4n) is 1.50. The molecule has 1 rings (SSSR count). The third-order valence-electron chi connectivity index (χ3n) is 2.52. The summed E-state index contributed by atoms with van der Waals surface area (Å²) in [4.78, 5) is 0.675. The Morgan fingerprint density at radius 1 is 1.42 bits per heavy atom. The third-order valence-corrected chi connectivity index (χ3v) is 3.98. The summed E-state index contributed by atoms with van der Waals surface area (Å²) in [6.07, 6.45) is -0.633. The summed E-state index contributed by atoms with van der Waals surface area (Å²) in [6, 6.07) is 7.12. The molecule has 1 aromatic carbocycles. The number of aliphatic hydroxyl groups is 1. The predicted octanol–water partition coefficient (Wildman–Crippen LogP) is 1.55. The van der Waals surface area contributed by atoms with Crippen LogP contribution >= 0.6 is 0 Å². The highest BCUT2D eigenvalue weighted by Crippen LogP contribution is 2.16. The molecule has 5 heteroatoms. The fourth-order valence-corrected chi connectivity index (χ4v) is 2.63. The Kier molecular flexibility index (Phi) is 5.97. The summed E-state index contributed by atoms with van der Waals surface area (Å²) in [5.74, 6) is 0.893. The average Bonchev–Trinajstić information content (AvgIpc) is 2.35. The van der Waals surface area contributed by atoms with E-state index < -0.39 is 16.9 Å². The van der Waals surface area contributed by atoms with Crippen molar-refractivity contribution in [3.05, 3.63) is 24.3 Å². The Labute approximate surface area is 117 Å². The number of benzene rings is 1. The van der Waals surface area contributed by atoms with Crippen molar-refractivity contribution in [2.75, 3.05) is 19.4 Å². The standard InChI is InChI=1S/C14H23NO3S/c1-14(2,3)15-9-11(16)10-19(17)13-7-5-6-12(8-13)18-4/h5-8,11,15-16H,9-10H2,1-4H3. The Balaban J connectivity index is 2.54. The van der Waals surface area contributed by atoms with Gasteiger partial charge >= 0.3 is 0 Å². The van der Waals surface area contributed by atoms with Gasteiger partial charge in [0.25, 0.3) is 0 Å². The molecule has 0 aliphatic heterocycles. The summed E-state index contributed by atoms with van der Waals surface area (Å²) in [6.45, 7) is 6.51. The van der Waals surface area contributed by atoms with E-state index >= 15 is 0 Å². The number of methoxy groups -OCH3 is 1. The van der Waals surface area contributed by atoms with Crippen LogP contribution in [0.1, 0.15) is 20.8 Å². The van der Waals surface area contributed by atoms with Gasteiger partial charge < -0.3 is 15.2 Å². The van der Waals surface area contributed by atoms with Crippen molar-refractivity contribution < 1.29 is 14.1 Å². The number of hydrogen-bond acceptors (Lipinski definition) is 4. The zero-order valence-electron chi connectivity index (χ0n) is 12.0. The maximum Gasteiger partial charge on any atom is 0.120 e. The molecule has 0 amide bonds. The lowest BCUT2D eigenvalue weighted by Gasteiger charge is -2.22. The number of ether oxygens (including phenoxy) is 1. The highest BCUT2D eigenvalue weighted by molar-refractivity contribution is 7.85. The highest BCUT2D eigenvalue weighted by atomic mass is 32.2. The number of hydrogen-bond donors (Lipinski definition) is 2. The molecule has 0 aliphatic rings. The van der Waals surface area contributed by atoms with E-state index in [0.717, 1.165) is 0 Å². The van der Waals surface area contributed by atoms with Gasteiger partial charge in [-0.15, -0.1) is 0 Å². The second kappa shape index (κ2) is 7.03. The van der Waals surface area contributed by atoms with Crippen molar-refractivity contribution in [3.8, 4) is 5.75 Å². The molecule has 0 bridgehead atoms. The first-order valence-electron chi connectivity index (χ1n) is 6.27. The molecule has 0 fully saturated rings. The van der Waals surface area contributed by atoms with Crippen molar-refractivity contribution in [2.24, 2.45) is 0 Å². The minimum atomic E-state index is -1.22. The average molecular weight is 285 g/mol. The zero-order chi connectivity index (χ0) is 14.5. The summed E-state index contributed by atoms with van der Waals surface area (Å²) in [5, 5.41) is 13.1. The molecule has 2 N–H and O–H groups in total. The van der Waals surface area contributed by atoms with E-state index in [1.807, 2.05) is 20.8 Å². The van der Waals surface area contributed by atoms with Crippen molar-refractivity contribution in [2.45, 2.75) is 37.3 Å². The second-order valence-electron chi connectivity index (χ2n) is 5.48. The van der Waals surface area contributed by atoms with E-state index in [2.05, 4.69) is 5.32 Å². The van der Waals surface area contributed by atoms with Gasteiger partial charge in [0, 0.05) is 17.0 Å². The highest BCUT2D eigenvalue weighted by Gasteiger charge is 2.15. The molecule has 2 atom stereocenters. The van der Waals surface area contributed by atoms with Crippen LogP contribution in [0, 0.1) is 0 Å². The Bertz CT molecular complexity index is 429. The zero-order valence-corrected chi connectivity index (χ0v) is 12.8. The maximum atomic E-state index is 12.1. The molecular weight excluding hydrogens is 262 g/mol. The molecule has 1 aromatic rings. The van der Waals surface area contributed by atoms with Crippen LogP contribution in [0.2, 0.25) is 0 Å². The van der Waals surface area contributed by atoms with E-state index in [0.29, 0.717) is 17.2 Å². The minimum Gasteiger partial charge on any atom is -0.497 e. The summed E-state index contributed by atoms with van der Waals surface area (Å²) in [7, 11) is 0.350. The molecule has 0 aliphatic carbocycles. The number of rotatable bonds is 6. The lowest BCUT2D eigenvalue weighted by molar-refractivity contribution is 0.182. The minimum absolute atomic E-state index is 0.0571. The first-order valence-corrected chi connectivity index (χ1v) is 7.59. The van der Waals surface area contributed by atoms with Gasteiger partial charge in [-0.05, 0) is 39.0 Å². The SMILES string of the molecule is COc1cccc(S(=O)CC(O)CNC(C)(C)C)c1. The molecule has 0 saturated heterocycles. The fraction of sp³-hybridized carbons (Fsp3) is 0.571. The van der Waals surface area contributed by atoms with Crippen LogP contribution in [-0.4, -0.2) is 40.4 Å².